The molecule has 0 heterocycles. The Kier molecular flexibility index (Phi) is 5.21. The highest BCUT2D eigenvalue weighted by atomic mass is 32.2. The van der Waals surface area contributed by atoms with Gasteiger partial charge in [0, 0.05) is 6.04 Å². The first-order chi connectivity index (χ1) is 10.1. The first-order valence-corrected chi connectivity index (χ1v) is 8.74. The fraction of sp³-hybridized carbons (Fsp3) is 0.533. The minimum atomic E-state index is -3.57. The molecule has 0 saturated heterocycles. The van der Waals surface area contributed by atoms with Gasteiger partial charge < -0.3 is 4.74 Å². The zero-order chi connectivity index (χ0) is 15.3. The third kappa shape index (κ3) is 3.96. The van der Waals surface area contributed by atoms with Gasteiger partial charge in [0.25, 0.3) is 0 Å². The predicted molar refractivity (Wildman–Crippen MR) is 79.5 cm³/mol. The Morgan fingerprint density at radius 1 is 1.38 bits per heavy atom. The van der Waals surface area contributed by atoms with E-state index in [0.717, 1.165) is 32.1 Å². The molecule has 1 saturated carbocycles. The first kappa shape index (κ1) is 15.8. The van der Waals surface area contributed by atoms with E-state index < -0.39 is 10.0 Å². The molecule has 1 aromatic carbocycles. The lowest BCUT2D eigenvalue weighted by Gasteiger charge is -2.13. The minimum Gasteiger partial charge on any atom is -0.492 e. The smallest absolute Gasteiger partial charge is 0.240 e. The van der Waals surface area contributed by atoms with E-state index in [1.54, 1.807) is 6.07 Å². The fourth-order valence-electron chi connectivity index (χ4n) is 2.43. The van der Waals surface area contributed by atoms with Crippen molar-refractivity contribution in [3.63, 3.8) is 0 Å². The van der Waals surface area contributed by atoms with Gasteiger partial charge in [-0.2, -0.15) is 5.26 Å². The van der Waals surface area contributed by atoms with Crippen molar-refractivity contribution in [2.75, 3.05) is 6.61 Å². The van der Waals surface area contributed by atoms with E-state index in [1.165, 1.54) is 12.1 Å². The van der Waals surface area contributed by atoms with Crippen molar-refractivity contribution < 1.29 is 13.2 Å². The molecule has 114 valence electrons. The van der Waals surface area contributed by atoms with Crippen molar-refractivity contribution >= 4 is 10.0 Å². The molecule has 0 aromatic heterocycles. The highest BCUT2D eigenvalue weighted by Crippen LogP contribution is 2.24. The average molecular weight is 308 g/mol. The Bertz CT molecular complexity index is 629. The molecule has 0 aliphatic heterocycles. The number of benzene rings is 1. The van der Waals surface area contributed by atoms with Crippen molar-refractivity contribution in [3.8, 4) is 11.8 Å². The van der Waals surface area contributed by atoms with Crippen LogP contribution in [0.4, 0.5) is 0 Å². The number of sulfonamides is 1. The molecule has 0 atom stereocenters. The van der Waals surface area contributed by atoms with Crippen LogP contribution < -0.4 is 9.46 Å². The van der Waals surface area contributed by atoms with Gasteiger partial charge in [-0.15, -0.1) is 0 Å². The summed E-state index contributed by atoms with van der Waals surface area (Å²) in [6, 6.07) is 6.42. The van der Waals surface area contributed by atoms with Gasteiger partial charge in [-0.1, -0.05) is 19.8 Å². The van der Waals surface area contributed by atoms with Gasteiger partial charge in [0.05, 0.1) is 17.1 Å². The predicted octanol–water partition coefficient (Wildman–Crippen LogP) is 2.57. The Morgan fingerprint density at radius 2 is 2.10 bits per heavy atom. The number of nitriles is 1. The first-order valence-electron chi connectivity index (χ1n) is 7.26. The normalized spacial score (nSPS) is 15.8. The second-order valence-electron chi connectivity index (χ2n) is 5.22. The van der Waals surface area contributed by atoms with Crippen LogP contribution in [0.1, 0.15) is 44.6 Å². The number of nitrogens with zero attached hydrogens (tertiary/aromatic N) is 1. The lowest BCUT2D eigenvalue weighted by molar-refractivity contribution is 0.316. The summed E-state index contributed by atoms with van der Waals surface area (Å²) in [5, 5.41) is 9.15. The Labute approximate surface area is 126 Å². The summed E-state index contributed by atoms with van der Waals surface area (Å²) >= 11 is 0. The van der Waals surface area contributed by atoms with Crippen LogP contribution in [0.5, 0.6) is 5.75 Å². The number of rotatable bonds is 6. The average Bonchev–Trinajstić information content (AvgIpc) is 2.97. The van der Waals surface area contributed by atoms with Gasteiger partial charge >= 0.3 is 0 Å². The Balaban J connectivity index is 2.21. The highest BCUT2D eigenvalue weighted by Gasteiger charge is 2.23. The van der Waals surface area contributed by atoms with E-state index in [0.29, 0.717) is 12.4 Å². The molecule has 1 aromatic rings. The Morgan fingerprint density at radius 3 is 2.71 bits per heavy atom. The van der Waals surface area contributed by atoms with Crippen LogP contribution in [0, 0.1) is 11.3 Å². The molecule has 0 amide bonds. The second-order valence-corrected chi connectivity index (χ2v) is 6.93. The number of ether oxygens (including phenoxy) is 1. The van der Waals surface area contributed by atoms with Gasteiger partial charge in [-0.05, 0) is 37.5 Å². The highest BCUT2D eigenvalue weighted by molar-refractivity contribution is 7.89. The largest absolute Gasteiger partial charge is 0.492 e. The summed E-state index contributed by atoms with van der Waals surface area (Å²) in [5.41, 5.74) is 0.248. The summed E-state index contributed by atoms with van der Waals surface area (Å²) in [5.74, 6) is 0.430. The molecule has 0 unspecified atom stereocenters. The second kappa shape index (κ2) is 6.92. The minimum absolute atomic E-state index is 0.0107. The molecular weight excluding hydrogens is 288 g/mol. The molecule has 21 heavy (non-hydrogen) atoms. The lowest BCUT2D eigenvalue weighted by Crippen LogP contribution is -2.32. The van der Waals surface area contributed by atoms with E-state index >= 15 is 0 Å². The summed E-state index contributed by atoms with van der Waals surface area (Å²) in [7, 11) is -3.57. The SMILES string of the molecule is CCCOc1ccc(S(=O)(=O)NC2CCCC2)cc1C#N. The van der Waals surface area contributed by atoms with Gasteiger partial charge in [-0.3, -0.25) is 0 Å². The molecule has 5 nitrogen and oxygen atoms in total. The number of hydrogen-bond donors (Lipinski definition) is 1. The van der Waals surface area contributed by atoms with Crippen molar-refractivity contribution in [1.29, 1.82) is 5.26 Å². The third-order valence-corrected chi connectivity index (χ3v) is 5.04. The zero-order valence-electron chi connectivity index (χ0n) is 12.1. The van der Waals surface area contributed by atoms with E-state index in [4.69, 9.17) is 10.00 Å². The topological polar surface area (TPSA) is 79.2 Å². The molecule has 1 fully saturated rings. The molecule has 6 heteroatoms. The van der Waals surface area contributed by atoms with Crippen LogP contribution in [0.15, 0.2) is 23.1 Å². The molecule has 1 aliphatic carbocycles. The van der Waals surface area contributed by atoms with Gasteiger partial charge in [0.1, 0.15) is 11.8 Å². The quantitative estimate of drug-likeness (QED) is 0.876. The van der Waals surface area contributed by atoms with Gasteiger partial charge in [0.2, 0.25) is 10.0 Å². The van der Waals surface area contributed by atoms with Gasteiger partial charge in [-0.25, -0.2) is 13.1 Å². The van der Waals surface area contributed by atoms with Crippen LogP contribution >= 0.6 is 0 Å². The van der Waals surface area contributed by atoms with Crippen LogP contribution in [0.25, 0.3) is 0 Å². The van der Waals surface area contributed by atoms with Crippen LogP contribution in [0.3, 0.4) is 0 Å². The number of hydrogen-bond acceptors (Lipinski definition) is 4. The Hall–Kier alpha value is -1.58. The molecule has 0 spiro atoms. The summed E-state index contributed by atoms with van der Waals surface area (Å²) in [6.07, 6.45) is 4.69. The molecule has 1 N–H and O–H groups in total. The van der Waals surface area contributed by atoms with Crippen molar-refractivity contribution in [2.45, 2.75) is 50.0 Å². The lowest BCUT2D eigenvalue weighted by atomic mass is 10.2. The molecule has 1 aliphatic rings. The number of nitrogens with one attached hydrogen (secondary N) is 1. The molecule has 0 radical (unpaired) electrons. The molecule has 2 rings (SSSR count). The molecule has 0 bridgehead atoms. The van der Waals surface area contributed by atoms with Crippen molar-refractivity contribution in [3.05, 3.63) is 23.8 Å². The maximum absolute atomic E-state index is 12.3. The third-order valence-electron chi connectivity index (χ3n) is 3.52. The summed E-state index contributed by atoms with van der Waals surface area (Å²) in [4.78, 5) is 0.120. The zero-order valence-corrected chi connectivity index (χ0v) is 12.9. The van der Waals surface area contributed by atoms with E-state index in [-0.39, 0.29) is 16.5 Å². The van der Waals surface area contributed by atoms with Gasteiger partial charge in [0.15, 0.2) is 0 Å². The van der Waals surface area contributed by atoms with Crippen LogP contribution in [0.2, 0.25) is 0 Å². The monoisotopic (exact) mass is 308 g/mol. The van der Waals surface area contributed by atoms with E-state index in [2.05, 4.69) is 4.72 Å². The molecular formula is C15H20N2O3S. The van der Waals surface area contributed by atoms with Crippen LogP contribution in [-0.4, -0.2) is 21.1 Å². The maximum Gasteiger partial charge on any atom is 0.240 e. The van der Waals surface area contributed by atoms with Crippen LogP contribution in [-0.2, 0) is 10.0 Å². The van der Waals surface area contributed by atoms with Crippen molar-refractivity contribution in [2.24, 2.45) is 0 Å². The van der Waals surface area contributed by atoms with E-state index in [9.17, 15) is 8.42 Å². The van der Waals surface area contributed by atoms with E-state index in [1.807, 2.05) is 13.0 Å². The summed E-state index contributed by atoms with van der Waals surface area (Å²) < 4.78 is 32.8. The maximum atomic E-state index is 12.3. The van der Waals surface area contributed by atoms with Crippen molar-refractivity contribution in [1.82, 2.24) is 4.72 Å². The standard InChI is InChI=1S/C15H20N2O3S/c1-2-9-20-15-8-7-14(10-12(15)11-16)21(18,19)17-13-5-3-4-6-13/h7-8,10,13,17H,2-6,9H2,1H3. The fourth-order valence-corrected chi connectivity index (χ4v) is 3.76. The summed E-state index contributed by atoms with van der Waals surface area (Å²) in [6.45, 7) is 2.47.